The molecule has 1 N–H and O–H groups in total. The number of rotatable bonds is 6. The Hall–Kier alpha value is -3.48. The van der Waals surface area contributed by atoms with E-state index in [0.29, 0.717) is 10.6 Å². The van der Waals surface area contributed by atoms with Gasteiger partial charge >= 0.3 is 12.1 Å². The number of ether oxygens (including phenoxy) is 1. The quantitative estimate of drug-likeness (QED) is 0.525. The minimum Gasteiger partial charge on any atom is -0.450 e. The fourth-order valence-electron chi connectivity index (χ4n) is 3.43. The predicted molar refractivity (Wildman–Crippen MR) is 126 cm³/mol. The highest BCUT2D eigenvalue weighted by Crippen LogP contribution is 2.23. The third kappa shape index (κ3) is 5.61. The maximum absolute atomic E-state index is 13.0. The van der Waals surface area contributed by atoms with Crippen molar-refractivity contribution in [1.82, 2.24) is 19.4 Å². The number of aromatic nitrogens is 2. The third-order valence-corrected chi connectivity index (χ3v) is 7.38. The van der Waals surface area contributed by atoms with Gasteiger partial charge in [-0.2, -0.15) is 4.31 Å². The first kappa shape index (κ1) is 24.6. The summed E-state index contributed by atoms with van der Waals surface area (Å²) in [7, 11) is -3.78. The minimum absolute atomic E-state index is 0.0414. The largest absolute Gasteiger partial charge is 0.450 e. The molecule has 13 heteroatoms. The lowest BCUT2D eigenvalue weighted by molar-refractivity contribution is 0.0933. The smallest absolute Gasteiger partial charge is 0.409 e. The second-order valence-electron chi connectivity index (χ2n) is 7.49. The van der Waals surface area contributed by atoms with E-state index in [0.717, 1.165) is 0 Å². The summed E-state index contributed by atoms with van der Waals surface area (Å²) in [5, 5.41) is 10.7. The van der Waals surface area contributed by atoms with E-state index in [-0.39, 0.29) is 55.2 Å². The van der Waals surface area contributed by atoms with Gasteiger partial charge in [0.05, 0.1) is 11.5 Å². The first-order valence-electron chi connectivity index (χ1n) is 10.7. The van der Waals surface area contributed by atoms with Crippen LogP contribution in [0.15, 0.2) is 57.8 Å². The molecule has 1 saturated heterocycles. The highest BCUT2D eigenvalue weighted by Gasteiger charge is 2.30. The number of anilines is 1. The van der Waals surface area contributed by atoms with Crippen molar-refractivity contribution in [3.8, 4) is 11.5 Å². The molecule has 2 aromatic carbocycles. The fraction of sp³-hybridized carbons (Fsp3) is 0.273. The zero-order valence-electron chi connectivity index (χ0n) is 18.7. The van der Waals surface area contributed by atoms with Crippen LogP contribution in [-0.2, 0) is 14.8 Å². The van der Waals surface area contributed by atoms with Gasteiger partial charge in [-0.1, -0.05) is 22.8 Å². The molecule has 2 amide bonds. The van der Waals surface area contributed by atoms with E-state index in [2.05, 4.69) is 15.5 Å². The van der Waals surface area contributed by atoms with Crippen molar-refractivity contribution in [2.24, 2.45) is 0 Å². The number of nitrogens with zero attached hydrogens (tertiary/aromatic N) is 4. The molecule has 4 rings (SSSR count). The Morgan fingerprint density at radius 3 is 2.46 bits per heavy atom. The number of hydrogen-bond acceptors (Lipinski definition) is 8. The number of piperazine rings is 1. The van der Waals surface area contributed by atoms with Crippen molar-refractivity contribution in [3.63, 3.8) is 0 Å². The number of halogens is 1. The second-order valence-corrected chi connectivity index (χ2v) is 9.87. The van der Waals surface area contributed by atoms with Crippen LogP contribution in [0.5, 0.6) is 0 Å². The lowest BCUT2D eigenvalue weighted by atomic mass is 10.2. The first-order chi connectivity index (χ1) is 16.8. The van der Waals surface area contributed by atoms with Crippen molar-refractivity contribution < 1.29 is 27.2 Å². The molecule has 11 nitrogen and oxygen atoms in total. The van der Waals surface area contributed by atoms with Crippen molar-refractivity contribution in [1.29, 1.82) is 0 Å². The molecule has 0 bridgehead atoms. The molecular weight excluding hydrogens is 498 g/mol. The summed E-state index contributed by atoms with van der Waals surface area (Å²) in [5.41, 5.74) is 0.807. The minimum atomic E-state index is -3.78. The second kappa shape index (κ2) is 10.4. The van der Waals surface area contributed by atoms with E-state index in [1.807, 2.05) is 0 Å². The van der Waals surface area contributed by atoms with E-state index in [4.69, 9.17) is 20.8 Å². The van der Waals surface area contributed by atoms with E-state index < -0.39 is 22.0 Å². The molecule has 2 heterocycles. The van der Waals surface area contributed by atoms with Crippen molar-refractivity contribution >= 4 is 39.6 Å². The molecule has 1 fully saturated rings. The van der Waals surface area contributed by atoms with Crippen LogP contribution >= 0.6 is 11.6 Å². The molecule has 0 saturated carbocycles. The molecule has 0 aliphatic carbocycles. The van der Waals surface area contributed by atoms with Crippen molar-refractivity contribution in [2.75, 3.05) is 38.1 Å². The van der Waals surface area contributed by atoms with Gasteiger partial charge in [0, 0.05) is 42.3 Å². The number of nitrogens with one attached hydrogen (secondary N) is 1. The van der Waals surface area contributed by atoms with Gasteiger partial charge in [-0.25, -0.2) is 13.2 Å². The van der Waals surface area contributed by atoms with Gasteiger partial charge in [-0.15, -0.1) is 5.10 Å². The standard InChI is InChI=1S/C22H22ClN5O6S/c1-2-33-22(30)27-10-12-28(13-11-27)35(31,32)18-8-6-15(7-9-18)19(29)24-21-26-25-20(34-21)16-4-3-5-17(23)14-16/h3-9,14H,2,10-13H2,1H3,(H,24,26,29). The lowest BCUT2D eigenvalue weighted by Gasteiger charge is -2.33. The monoisotopic (exact) mass is 519 g/mol. The Balaban J connectivity index is 1.39. The Morgan fingerprint density at radius 2 is 1.80 bits per heavy atom. The summed E-state index contributed by atoms with van der Waals surface area (Å²) in [6.45, 7) is 2.74. The van der Waals surface area contributed by atoms with Crippen LogP contribution in [0.1, 0.15) is 17.3 Å². The summed E-state index contributed by atoms with van der Waals surface area (Å²) in [4.78, 5) is 25.9. The Labute approximate surface area is 206 Å². The average Bonchev–Trinajstić information content (AvgIpc) is 3.33. The Morgan fingerprint density at radius 1 is 1.09 bits per heavy atom. The van der Waals surface area contributed by atoms with E-state index in [9.17, 15) is 18.0 Å². The number of carbonyl (C=O) groups is 2. The van der Waals surface area contributed by atoms with E-state index >= 15 is 0 Å². The van der Waals surface area contributed by atoms with Crippen LogP contribution in [-0.4, -0.2) is 72.6 Å². The van der Waals surface area contributed by atoms with E-state index in [1.54, 1.807) is 31.2 Å². The summed E-state index contributed by atoms with van der Waals surface area (Å²) < 4.78 is 37.7. The van der Waals surface area contributed by atoms with Gasteiger partial charge in [0.2, 0.25) is 15.9 Å². The van der Waals surface area contributed by atoms with Crippen LogP contribution in [0.3, 0.4) is 0 Å². The fourth-order valence-corrected chi connectivity index (χ4v) is 5.05. The molecule has 0 atom stereocenters. The summed E-state index contributed by atoms with van der Waals surface area (Å²) in [6, 6.07) is 12.2. The van der Waals surface area contributed by atoms with Gasteiger partial charge in [0.15, 0.2) is 0 Å². The lowest BCUT2D eigenvalue weighted by Crippen LogP contribution is -2.50. The normalized spacial score (nSPS) is 14.5. The number of hydrogen-bond donors (Lipinski definition) is 1. The number of amides is 2. The maximum atomic E-state index is 13.0. The summed E-state index contributed by atoms with van der Waals surface area (Å²) >= 11 is 5.96. The van der Waals surface area contributed by atoms with Gasteiger partial charge < -0.3 is 14.1 Å². The van der Waals surface area contributed by atoms with E-state index in [1.165, 1.54) is 33.5 Å². The highest BCUT2D eigenvalue weighted by molar-refractivity contribution is 7.89. The molecule has 0 spiro atoms. The van der Waals surface area contributed by atoms with Gasteiger partial charge in [0.1, 0.15) is 0 Å². The molecule has 35 heavy (non-hydrogen) atoms. The zero-order valence-corrected chi connectivity index (χ0v) is 20.3. The molecule has 1 aliphatic rings. The molecular formula is C22H22ClN5O6S. The molecule has 184 valence electrons. The van der Waals surface area contributed by atoms with Crippen molar-refractivity contribution in [3.05, 3.63) is 59.1 Å². The van der Waals surface area contributed by atoms with Crippen LogP contribution in [0, 0.1) is 0 Å². The van der Waals surface area contributed by atoms with Gasteiger partial charge in [-0.05, 0) is 49.4 Å². The van der Waals surface area contributed by atoms with Gasteiger partial charge in [-0.3, -0.25) is 10.1 Å². The number of benzene rings is 2. The van der Waals surface area contributed by atoms with Crippen LogP contribution in [0.25, 0.3) is 11.5 Å². The van der Waals surface area contributed by atoms with Gasteiger partial charge in [0.25, 0.3) is 5.91 Å². The average molecular weight is 520 g/mol. The first-order valence-corrected chi connectivity index (χ1v) is 12.5. The summed E-state index contributed by atoms with van der Waals surface area (Å²) in [5.74, 6) is -0.356. The molecule has 1 aliphatic heterocycles. The molecule has 1 aromatic heterocycles. The van der Waals surface area contributed by atoms with Crippen LogP contribution < -0.4 is 5.32 Å². The number of carbonyl (C=O) groups excluding carboxylic acids is 2. The number of sulfonamides is 1. The maximum Gasteiger partial charge on any atom is 0.409 e. The molecule has 0 radical (unpaired) electrons. The molecule has 0 unspecified atom stereocenters. The third-order valence-electron chi connectivity index (χ3n) is 5.24. The predicted octanol–water partition coefficient (Wildman–Crippen LogP) is 3.11. The topological polar surface area (TPSA) is 135 Å². The van der Waals surface area contributed by atoms with Crippen molar-refractivity contribution in [2.45, 2.75) is 11.8 Å². The Bertz CT molecular complexity index is 1320. The van der Waals surface area contributed by atoms with Crippen LogP contribution in [0.4, 0.5) is 10.8 Å². The Kier molecular flexibility index (Phi) is 7.34. The zero-order chi connectivity index (χ0) is 25.0. The molecule has 3 aromatic rings. The highest BCUT2D eigenvalue weighted by atomic mass is 35.5. The summed E-state index contributed by atoms with van der Waals surface area (Å²) in [6.07, 6.45) is -0.458. The van der Waals surface area contributed by atoms with Crippen LogP contribution in [0.2, 0.25) is 5.02 Å². The SMILES string of the molecule is CCOC(=O)N1CCN(S(=O)(=O)c2ccc(C(=O)Nc3nnc(-c4cccc(Cl)c4)o3)cc2)CC1.